The first-order valence-corrected chi connectivity index (χ1v) is 12.0. The van der Waals surface area contributed by atoms with Crippen molar-refractivity contribution in [1.29, 1.82) is 0 Å². The number of anilines is 1. The van der Waals surface area contributed by atoms with Crippen molar-refractivity contribution >= 4 is 27.3 Å². The Morgan fingerprint density at radius 3 is 2.45 bits per heavy atom. The van der Waals surface area contributed by atoms with Gasteiger partial charge in [-0.2, -0.15) is 0 Å². The highest BCUT2D eigenvalue weighted by Gasteiger charge is 2.32. The van der Waals surface area contributed by atoms with Crippen LogP contribution in [0.3, 0.4) is 0 Å². The maximum Gasteiger partial charge on any atom is 0.271 e. The van der Waals surface area contributed by atoms with Gasteiger partial charge in [0.05, 0.1) is 22.9 Å². The van der Waals surface area contributed by atoms with E-state index in [1.165, 1.54) is 36.2 Å². The molecule has 0 aliphatic heterocycles. The fourth-order valence-electron chi connectivity index (χ4n) is 4.01. The number of carbonyl (C=O) groups excluding carboxylic acids is 1. The van der Waals surface area contributed by atoms with Gasteiger partial charge in [0, 0.05) is 12.1 Å². The van der Waals surface area contributed by atoms with E-state index >= 15 is 0 Å². The SMILES string of the molecule is Cc1ccc([N+](=O)[O-])cc1N([C@H](C)C(=O)N[C@H](C)c1ccc2c(c1)CCC2)S(C)(=O)=O. The van der Waals surface area contributed by atoms with Crippen LogP contribution >= 0.6 is 0 Å². The molecule has 0 saturated heterocycles. The Labute approximate surface area is 182 Å². The molecule has 0 heterocycles. The first-order valence-electron chi connectivity index (χ1n) is 10.2. The summed E-state index contributed by atoms with van der Waals surface area (Å²) >= 11 is 0. The molecule has 2 aromatic carbocycles. The molecule has 2 aromatic rings. The molecule has 166 valence electrons. The van der Waals surface area contributed by atoms with Crippen molar-refractivity contribution in [1.82, 2.24) is 5.32 Å². The van der Waals surface area contributed by atoms with Crippen molar-refractivity contribution in [3.63, 3.8) is 0 Å². The highest BCUT2D eigenvalue weighted by Crippen LogP contribution is 2.30. The Bertz CT molecular complexity index is 1130. The smallest absolute Gasteiger partial charge is 0.271 e. The summed E-state index contributed by atoms with van der Waals surface area (Å²) in [5.74, 6) is -0.482. The van der Waals surface area contributed by atoms with Gasteiger partial charge in [0.15, 0.2) is 0 Å². The minimum absolute atomic E-state index is 0.115. The molecule has 0 bridgehead atoms. The van der Waals surface area contributed by atoms with Crippen LogP contribution in [-0.4, -0.2) is 31.5 Å². The number of nitro groups is 1. The Morgan fingerprint density at radius 1 is 1.13 bits per heavy atom. The van der Waals surface area contributed by atoms with Gasteiger partial charge in [0.2, 0.25) is 15.9 Å². The van der Waals surface area contributed by atoms with E-state index in [9.17, 15) is 23.3 Å². The van der Waals surface area contributed by atoms with Crippen molar-refractivity contribution in [2.45, 2.75) is 52.1 Å². The van der Waals surface area contributed by atoms with E-state index in [2.05, 4.69) is 17.4 Å². The zero-order valence-electron chi connectivity index (χ0n) is 18.1. The molecule has 0 radical (unpaired) electrons. The quantitative estimate of drug-likeness (QED) is 0.519. The van der Waals surface area contributed by atoms with E-state index in [4.69, 9.17) is 0 Å². The number of carbonyl (C=O) groups is 1. The van der Waals surface area contributed by atoms with Gasteiger partial charge in [0.1, 0.15) is 6.04 Å². The number of non-ortho nitro benzene ring substituents is 1. The van der Waals surface area contributed by atoms with Crippen LogP contribution in [0.15, 0.2) is 36.4 Å². The lowest BCUT2D eigenvalue weighted by Crippen LogP contribution is -2.48. The second-order valence-electron chi connectivity index (χ2n) is 8.07. The maximum absolute atomic E-state index is 13.0. The van der Waals surface area contributed by atoms with Gasteiger partial charge < -0.3 is 5.32 Å². The van der Waals surface area contributed by atoms with E-state index < -0.39 is 26.9 Å². The number of rotatable bonds is 7. The third-order valence-electron chi connectivity index (χ3n) is 5.71. The Kier molecular flexibility index (Phi) is 6.35. The number of hydrogen-bond donors (Lipinski definition) is 1. The average Bonchev–Trinajstić information content (AvgIpc) is 3.16. The maximum atomic E-state index is 13.0. The highest BCUT2D eigenvalue weighted by molar-refractivity contribution is 7.92. The van der Waals surface area contributed by atoms with Gasteiger partial charge in [-0.15, -0.1) is 0 Å². The van der Waals surface area contributed by atoms with E-state index in [1.54, 1.807) is 6.92 Å². The van der Waals surface area contributed by atoms with Crippen LogP contribution in [-0.2, 0) is 27.7 Å². The largest absolute Gasteiger partial charge is 0.348 e. The molecular formula is C22H27N3O5S. The predicted molar refractivity (Wildman–Crippen MR) is 120 cm³/mol. The number of fused-ring (bicyclic) bond motifs is 1. The molecule has 2 atom stereocenters. The number of nitrogens with zero attached hydrogens (tertiary/aromatic N) is 2. The van der Waals surface area contributed by atoms with E-state index in [0.717, 1.165) is 35.4 Å². The highest BCUT2D eigenvalue weighted by atomic mass is 32.2. The molecule has 0 unspecified atom stereocenters. The average molecular weight is 446 g/mol. The fraction of sp³-hybridized carbons (Fsp3) is 0.409. The second-order valence-corrected chi connectivity index (χ2v) is 9.93. The van der Waals surface area contributed by atoms with E-state index in [0.29, 0.717) is 5.56 Å². The Hall–Kier alpha value is -2.94. The molecule has 1 amide bonds. The summed E-state index contributed by atoms with van der Waals surface area (Å²) < 4.78 is 26.1. The van der Waals surface area contributed by atoms with Crippen LogP contribution in [0.5, 0.6) is 0 Å². The van der Waals surface area contributed by atoms with Gasteiger partial charge in [0.25, 0.3) is 5.69 Å². The first-order chi connectivity index (χ1) is 14.5. The third kappa shape index (κ3) is 4.87. The van der Waals surface area contributed by atoms with Gasteiger partial charge in [-0.1, -0.05) is 24.3 Å². The topological polar surface area (TPSA) is 110 Å². The van der Waals surface area contributed by atoms with Crippen LogP contribution in [0, 0.1) is 17.0 Å². The summed E-state index contributed by atoms with van der Waals surface area (Å²) in [6.45, 7) is 4.98. The van der Waals surface area contributed by atoms with Crippen molar-refractivity contribution in [3.05, 3.63) is 68.8 Å². The van der Waals surface area contributed by atoms with E-state index in [-0.39, 0.29) is 17.4 Å². The Balaban J connectivity index is 1.87. The van der Waals surface area contributed by atoms with Crippen LogP contribution < -0.4 is 9.62 Å². The summed E-state index contributed by atoms with van der Waals surface area (Å²) in [5.41, 5.74) is 3.97. The molecule has 0 saturated carbocycles. The molecule has 3 rings (SSSR count). The molecule has 8 nitrogen and oxygen atoms in total. The lowest BCUT2D eigenvalue weighted by molar-refractivity contribution is -0.384. The zero-order chi connectivity index (χ0) is 22.9. The third-order valence-corrected chi connectivity index (χ3v) is 6.94. The predicted octanol–water partition coefficient (Wildman–Crippen LogP) is 3.42. The van der Waals surface area contributed by atoms with Crippen LogP contribution in [0.1, 0.15) is 48.6 Å². The van der Waals surface area contributed by atoms with Gasteiger partial charge in [-0.3, -0.25) is 19.2 Å². The summed E-state index contributed by atoms with van der Waals surface area (Å²) in [6, 6.07) is 8.73. The van der Waals surface area contributed by atoms with E-state index in [1.807, 2.05) is 13.0 Å². The van der Waals surface area contributed by atoms with Gasteiger partial charge in [-0.05, 0) is 62.3 Å². The summed E-state index contributed by atoms with van der Waals surface area (Å²) in [5, 5.41) is 14.1. The summed E-state index contributed by atoms with van der Waals surface area (Å²) in [4.78, 5) is 23.6. The monoisotopic (exact) mass is 445 g/mol. The van der Waals surface area contributed by atoms with Gasteiger partial charge >= 0.3 is 0 Å². The lowest BCUT2D eigenvalue weighted by Gasteiger charge is -2.30. The van der Waals surface area contributed by atoms with Gasteiger partial charge in [-0.25, -0.2) is 8.42 Å². The number of aryl methyl sites for hydroxylation is 3. The first kappa shape index (κ1) is 22.7. The Morgan fingerprint density at radius 2 is 1.81 bits per heavy atom. The molecule has 1 aliphatic rings. The molecule has 1 N–H and O–H groups in total. The number of benzene rings is 2. The van der Waals surface area contributed by atoms with Crippen molar-refractivity contribution in [3.8, 4) is 0 Å². The van der Waals surface area contributed by atoms with Crippen molar-refractivity contribution in [2.75, 3.05) is 10.6 Å². The van der Waals surface area contributed by atoms with Crippen molar-refractivity contribution < 1.29 is 18.1 Å². The molecule has 0 aromatic heterocycles. The molecule has 0 spiro atoms. The number of hydrogen-bond acceptors (Lipinski definition) is 5. The fourth-order valence-corrected chi connectivity index (χ4v) is 5.23. The van der Waals surface area contributed by atoms with Crippen molar-refractivity contribution in [2.24, 2.45) is 0 Å². The summed E-state index contributed by atoms with van der Waals surface area (Å²) in [7, 11) is -3.89. The molecule has 9 heteroatoms. The number of amides is 1. The molecule has 31 heavy (non-hydrogen) atoms. The molecule has 0 fully saturated rings. The molecular weight excluding hydrogens is 418 g/mol. The summed E-state index contributed by atoms with van der Waals surface area (Å²) in [6.07, 6.45) is 4.20. The van der Waals surface area contributed by atoms with Crippen LogP contribution in [0.25, 0.3) is 0 Å². The minimum atomic E-state index is -3.89. The number of sulfonamides is 1. The number of nitrogens with one attached hydrogen (secondary N) is 1. The minimum Gasteiger partial charge on any atom is -0.348 e. The zero-order valence-corrected chi connectivity index (χ0v) is 18.9. The lowest BCUT2D eigenvalue weighted by atomic mass is 10.0. The standard InChI is InChI=1S/C22H27N3O5S/c1-14-8-11-20(25(27)28)13-21(14)24(31(4,29)30)16(3)22(26)23-15(2)18-10-9-17-6-5-7-19(17)12-18/h8-13,15-16H,5-7H2,1-4H3,(H,23,26)/t15-,16-/m1/s1. The second kappa shape index (κ2) is 8.66. The normalized spacial score (nSPS) is 15.1. The van der Waals surface area contributed by atoms with Crippen LogP contribution in [0.2, 0.25) is 0 Å². The number of nitro benzene ring substituents is 1. The van der Waals surface area contributed by atoms with Crippen LogP contribution in [0.4, 0.5) is 11.4 Å². The molecule has 1 aliphatic carbocycles.